The lowest BCUT2D eigenvalue weighted by Crippen LogP contribution is -2.05. The molecule has 4 heteroatoms. The van der Waals surface area contributed by atoms with Gasteiger partial charge in [-0.25, -0.2) is 9.97 Å². The minimum absolute atomic E-state index is 0.770. The van der Waals surface area contributed by atoms with Gasteiger partial charge in [-0.2, -0.15) is 0 Å². The minimum atomic E-state index is 0.770. The molecule has 0 unspecified atom stereocenters. The molecule has 0 saturated heterocycles. The predicted octanol–water partition coefficient (Wildman–Crippen LogP) is 5.85. The lowest BCUT2D eigenvalue weighted by Gasteiger charge is -2.13. The summed E-state index contributed by atoms with van der Waals surface area (Å²) in [5.74, 6) is 1.78. The highest BCUT2D eigenvalue weighted by Crippen LogP contribution is 2.39. The summed E-state index contributed by atoms with van der Waals surface area (Å²) in [5.41, 5.74) is 3.79. The molecule has 1 aliphatic carbocycles. The van der Waals surface area contributed by atoms with Crippen molar-refractivity contribution in [2.24, 2.45) is 0 Å². The number of hydrogen-bond acceptors (Lipinski definition) is 4. The second kappa shape index (κ2) is 7.12. The van der Waals surface area contributed by atoms with Crippen LogP contribution in [-0.4, -0.2) is 9.97 Å². The first-order chi connectivity index (χ1) is 13.4. The quantitative estimate of drug-likeness (QED) is 0.489. The highest BCUT2D eigenvalue weighted by atomic mass is 32.1. The maximum atomic E-state index is 4.95. The van der Waals surface area contributed by atoms with E-state index in [4.69, 9.17) is 9.97 Å². The number of aryl methyl sites for hydroxylation is 2. The van der Waals surface area contributed by atoms with Crippen molar-refractivity contribution in [3.8, 4) is 11.4 Å². The molecule has 2 aromatic carbocycles. The molecule has 0 fully saturated rings. The number of hydrogen-bond donors (Lipinski definition) is 1. The fourth-order valence-electron chi connectivity index (χ4n) is 3.78. The molecule has 0 atom stereocenters. The summed E-state index contributed by atoms with van der Waals surface area (Å²) in [4.78, 5) is 12.5. The minimum Gasteiger partial charge on any atom is -0.365 e. The SMILES string of the molecule is c1ccc(CNc2nc(-c3ccccc3)nc3sc4c(c23)CCCC4)cc1. The number of rotatable bonds is 4. The zero-order chi connectivity index (χ0) is 18.1. The molecule has 4 aromatic rings. The monoisotopic (exact) mass is 371 g/mol. The largest absolute Gasteiger partial charge is 0.365 e. The Morgan fingerprint density at radius 2 is 1.59 bits per heavy atom. The van der Waals surface area contributed by atoms with Gasteiger partial charge in [0.15, 0.2) is 5.82 Å². The van der Waals surface area contributed by atoms with E-state index in [9.17, 15) is 0 Å². The number of fused-ring (bicyclic) bond motifs is 3. The number of nitrogens with one attached hydrogen (secondary N) is 1. The molecule has 0 radical (unpaired) electrons. The number of thiophene rings is 1. The molecule has 134 valence electrons. The van der Waals surface area contributed by atoms with Gasteiger partial charge in [0.05, 0.1) is 5.39 Å². The normalized spacial score (nSPS) is 13.5. The van der Waals surface area contributed by atoms with Crippen molar-refractivity contribution in [3.63, 3.8) is 0 Å². The van der Waals surface area contributed by atoms with Gasteiger partial charge >= 0.3 is 0 Å². The van der Waals surface area contributed by atoms with Gasteiger partial charge in [0.25, 0.3) is 0 Å². The summed E-state index contributed by atoms with van der Waals surface area (Å²) in [6, 6.07) is 20.8. The average molecular weight is 372 g/mol. The summed E-state index contributed by atoms with van der Waals surface area (Å²) in [6.07, 6.45) is 4.86. The van der Waals surface area contributed by atoms with E-state index in [0.717, 1.165) is 35.0 Å². The van der Waals surface area contributed by atoms with Gasteiger partial charge in [0.1, 0.15) is 10.6 Å². The first kappa shape index (κ1) is 16.5. The molecule has 0 spiro atoms. The number of benzene rings is 2. The number of anilines is 1. The van der Waals surface area contributed by atoms with Crippen LogP contribution in [0.2, 0.25) is 0 Å². The Bertz CT molecular complexity index is 1070. The van der Waals surface area contributed by atoms with E-state index in [1.54, 1.807) is 0 Å². The highest BCUT2D eigenvalue weighted by molar-refractivity contribution is 7.19. The van der Waals surface area contributed by atoms with Gasteiger partial charge in [-0.05, 0) is 36.8 Å². The standard InChI is InChI=1S/C23H21N3S/c1-3-9-16(10-4-1)15-24-22-20-18-13-7-8-14-19(18)27-23(20)26-21(25-22)17-11-5-2-6-12-17/h1-6,9-12H,7-8,13-15H2,(H,24,25,26). The van der Waals surface area contributed by atoms with E-state index >= 15 is 0 Å². The first-order valence-corrected chi connectivity index (χ1v) is 10.4. The molecule has 0 aliphatic heterocycles. The van der Waals surface area contributed by atoms with Crippen LogP contribution in [0.4, 0.5) is 5.82 Å². The van der Waals surface area contributed by atoms with Gasteiger partial charge in [-0.15, -0.1) is 11.3 Å². The van der Waals surface area contributed by atoms with Crippen LogP contribution in [0.25, 0.3) is 21.6 Å². The first-order valence-electron chi connectivity index (χ1n) is 9.54. The Kier molecular flexibility index (Phi) is 4.34. The summed E-state index contributed by atoms with van der Waals surface area (Å²) < 4.78 is 0. The summed E-state index contributed by atoms with van der Waals surface area (Å²) >= 11 is 1.85. The lowest BCUT2D eigenvalue weighted by atomic mass is 9.97. The maximum Gasteiger partial charge on any atom is 0.163 e. The summed E-state index contributed by atoms with van der Waals surface area (Å²) in [7, 11) is 0. The van der Waals surface area contributed by atoms with Crippen molar-refractivity contribution >= 4 is 27.4 Å². The average Bonchev–Trinajstić information content (AvgIpc) is 3.12. The van der Waals surface area contributed by atoms with Crippen LogP contribution in [0.5, 0.6) is 0 Å². The second-order valence-corrected chi connectivity index (χ2v) is 8.08. The molecule has 2 aromatic heterocycles. The molecule has 27 heavy (non-hydrogen) atoms. The van der Waals surface area contributed by atoms with Gasteiger partial charge in [-0.3, -0.25) is 0 Å². The van der Waals surface area contributed by atoms with E-state index < -0.39 is 0 Å². The van der Waals surface area contributed by atoms with E-state index in [-0.39, 0.29) is 0 Å². The summed E-state index contributed by atoms with van der Waals surface area (Å²) in [6.45, 7) is 0.770. The fraction of sp³-hybridized carbons (Fsp3) is 0.217. The Balaban J connectivity index is 1.62. The molecule has 2 heterocycles. The topological polar surface area (TPSA) is 37.8 Å². The van der Waals surface area contributed by atoms with Gasteiger partial charge in [-0.1, -0.05) is 60.7 Å². The van der Waals surface area contributed by atoms with Crippen LogP contribution >= 0.6 is 11.3 Å². The third kappa shape index (κ3) is 3.21. The van der Waals surface area contributed by atoms with Crippen LogP contribution in [0.3, 0.4) is 0 Å². The Labute approximate surface area is 163 Å². The Morgan fingerprint density at radius 3 is 2.41 bits per heavy atom. The van der Waals surface area contributed by atoms with E-state index in [2.05, 4.69) is 47.8 Å². The molecular formula is C23H21N3S. The van der Waals surface area contributed by atoms with Crippen molar-refractivity contribution in [3.05, 3.63) is 76.7 Å². The summed E-state index contributed by atoms with van der Waals surface area (Å²) in [5, 5.41) is 4.85. The third-order valence-electron chi connectivity index (χ3n) is 5.15. The molecule has 0 saturated carbocycles. The van der Waals surface area contributed by atoms with Crippen molar-refractivity contribution < 1.29 is 0 Å². The predicted molar refractivity (Wildman–Crippen MR) is 113 cm³/mol. The van der Waals surface area contributed by atoms with Crippen LogP contribution < -0.4 is 5.32 Å². The van der Waals surface area contributed by atoms with Crippen molar-refractivity contribution in [2.45, 2.75) is 32.2 Å². The lowest BCUT2D eigenvalue weighted by molar-refractivity contribution is 0.700. The molecule has 1 N–H and O–H groups in total. The Hall–Kier alpha value is -2.72. The van der Waals surface area contributed by atoms with E-state index in [0.29, 0.717) is 0 Å². The number of aromatic nitrogens is 2. The van der Waals surface area contributed by atoms with E-state index in [1.165, 1.54) is 40.7 Å². The van der Waals surface area contributed by atoms with Crippen molar-refractivity contribution in [1.82, 2.24) is 9.97 Å². The van der Waals surface area contributed by atoms with E-state index in [1.807, 2.05) is 29.5 Å². The fourth-order valence-corrected chi connectivity index (χ4v) is 5.04. The van der Waals surface area contributed by atoms with Crippen molar-refractivity contribution in [1.29, 1.82) is 0 Å². The van der Waals surface area contributed by atoms with Crippen LogP contribution in [0.1, 0.15) is 28.8 Å². The maximum absolute atomic E-state index is 4.95. The van der Waals surface area contributed by atoms with Gasteiger partial charge in [0.2, 0.25) is 0 Å². The second-order valence-electron chi connectivity index (χ2n) is 6.99. The molecule has 0 amide bonds. The smallest absolute Gasteiger partial charge is 0.163 e. The molecule has 0 bridgehead atoms. The molecule has 3 nitrogen and oxygen atoms in total. The highest BCUT2D eigenvalue weighted by Gasteiger charge is 2.21. The molecule has 5 rings (SSSR count). The molecular weight excluding hydrogens is 350 g/mol. The Morgan fingerprint density at radius 1 is 0.852 bits per heavy atom. The van der Waals surface area contributed by atoms with Crippen molar-refractivity contribution in [2.75, 3.05) is 5.32 Å². The third-order valence-corrected chi connectivity index (χ3v) is 6.34. The zero-order valence-electron chi connectivity index (χ0n) is 15.1. The van der Waals surface area contributed by atoms with Gasteiger partial charge in [0, 0.05) is 17.0 Å². The van der Waals surface area contributed by atoms with Crippen LogP contribution in [-0.2, 0) is 19.4 Å². The number of nitrogens with zero attached hydrogens (tertiary/aromatic N) is 2. The van der Waals surface area contributed by atoms with Gasteiger partial charge < -0.3 is 5.32 Å². The van der Waals surface area contributed by atoms with Crippen LogP contribution in [0, 0.1) is 0 Å². The zero-order valence-corrected chi connectivity index (χ0v) is 15.9. The van der Waals surface area contributed by atoms with Crippen LogP contribution in [0.15, 0.2) is 60.7 Å². The molecule has 1 aliphatic rings.